The van der Waals surface area contributed by atoms with Crippen molar-refractivity contribution in [3.8, 4) is 11.5 Å². The maximum absolute atomic E-state index is 12.6. The molecule has 176 valence electrons. The number of fused-ring (bicyclic) bond motifs is 1. The third-order valence-corrected chi connectivity index (χ3v) is 6.36. The third-order valence-electron chi connectivity index (χ3n) is 6.36. The fourth-order valence-corrected chi connectivity index (χ4v) is 4.64. The Hall–Kier alpha value is -2.33. The summed E-state index contributed by atoms with van der Waals surface area (Å²) in [5.74, 6) is 0.670. The van der Waals surface area contributed by atoms with Gasteiger partial charge in [-0.1, -0.05) is 6.07 Å². The van der Waals surface area contributed by atoms with Crippen LogP contribution in [0.15, 0.2) is 32.8 Å². The van der Waals surface area contributed by atoms with Crippen LogP contribution in [0.1, 0.15) is 30.7 Å². The lowest BCUT2D eigenvalue weighted by Gasteiger charge is -2.30. The summed E-state index contributed by atoms with van der Waals surface area (Å²) in [5, 5.41) is 19.3. The normalized spacial score (nSPS) is 21.5. The highest BCUT2D eigenvalue weighted by molar-refractivity contribution is 5.68. The Balaban J connectivity index is 0.00000181. The molecule has 11 heteroatoms. The van der Waals surface area contributed by atoms with Gasteiger partial charge in [0.15, 0.2) is 17.8 Å². The second-order valence-corrected chi connectivity index (χ2v) is 8.33. The highest BCUT2D eigenvalue weighted by Crippen LogP contribution is 2.30. The first-order valence-corrected chi connectivity index (χ1v) is 10.4. The summed E-state index contributed by atoms with van der Waals surface area (Å²) in [7, 11) is 3.14. The summed E-state index contributed by atoms with van der Waals surface area (Å²) in [6, 6.07) is 5.12. The van der Waals surface area contributed by atoms with E-state index in [9.17, 15) is 19.8 Å². The molecule has 32 heavy (non-hydrogen) atoms. The zero-order chi connectivity index (χ0) is 21.4. The molecule has 0 spiro atoms. The number of phenolic OH excluding ortho intramolecular Hbond substituents is 2. The number of aliphatic imine (C=N–C) groups is 1. The quantitative estimate of drug-likeness (QED) is 0.315. The fraction of sp³-hybridized carbons (Fsp3) is 0.476. The van der Waals surface area contributed by atoms with Crippen molar-refractivity contribution in [2.24, 2.45) is 19.1 Å². The van der Waals surface area contributed by atoms with Crippen LogP contribution in [-0.2, 0) is 14.1 Å². The molecule has 1 aromatic heterocycles. The highest BCUT2D eigenvalue weighted by atomic mass is 35.5. The van der Waals surface area contributed by atoms with E-state index in [2.05, 4.69) is 4.99 Å². The van der Waals surface area contributed by atoms with E-state index in [-0.39, 0.29) is 47.6 Å². The molecule has 1 saturated heterocycles. The number of piperidine rings is 1. The number of phenols is 2. The van der Waals surface area contributed by atoms with Gasteiger partial charge in [0.1, 0.15) is 0 Å². The third kappa shape index (κ3) is 4.85. The average Bonchev–Trinajstić information content (AvgIpc) is 3.17. The molecule has 0 saturated carbocycles. The van der Waals surface area contributed by atoms with Crippen molar-refractivity contribution in [3.63, 3.8) is 0 Å². The van der Waals surface area contributed by atoms with Crippen molar-refractivity contribution >= 4 is 17.8 Å². The van der Waals surface area contributed by atoms with Crippen molar-refractivity contribution in [2.75, 3.05) is 26.2 Å². The van der Waals surface area contributed by atoms with Crippen LogP contribution in [-0.4, -0.2) is 51.9 Å². The Morgan fingerprint density at radius 3 is 2.56 bits per heavy atom. The summed E-state index contributed by atoms with van der Waals surface area (Å²) >= 11 is 0. The first-order chi connectivity index (χ1) is 14.4. The Morgan fingerprint density at radius 1 is 1.09 bits per heavy atom. The first kappa shape index (κ1) is 25.9. The van der Waals surface area contributed by atoms with E-state index in [0.717, 1.165) is 60.5 Å². The van der Waals surface area contributed by atoms with E-state index in [0.29, 0.717) is 17.4 Å². The maximum atomic E-state index is 12.6. The molecule has 3 unspecified atom stereocenters. The van der Waals surface area contributed by atoms with Crippen LogP contribution in [0.25, 0.3) is 0 Å². The molecule has 4 rings (SSSR count). The van der Waals surface area contributed by atoms with E-state index < -0.39 is 0 Å². The number of aromatic nitrogens is 2. The molecule has 1 aromatic carbocycles. The van der Waals surface area contributed by atoms with Crippen molar-refractivity contribution in [3.05, 3.63) is 44.6 Å². The van der Waals surface area contributed by atoms with E-state index >= 15 is 0 Å². The van der Waals surface area contributed by atoms with Gasteiger partial charge in [-0.3, -0.25) is 18.8 Å². The zero-order valence-electron chi connectivity index (χ0n) is 18.1. The molecule has 9 nitrogen and oxygen atoms in total. The molecule has 0 radical (unpaired) electrons. The van der Waals surface area contributed by atoms with Crippen LogP contribution in [0.3, 0.4) is 0 Å². The van der Waals surface area contributed by atoms with Crippen LogP contribution >= 0.6 is 0 Å². The average molecular weight is 486 g/mol. The second-order valence-electron chi connectivity index (χ2n) is 8.33. The predicted octanol–water partition coefficient (Wildman–Crippen LogP) is -7.45. The van der Waals surface area contributed by atoms with Crippen molar-refractivity contribution in [1.82, 2.24) is 9.13 Å². The SMILES string of the molecule is Cn1c2c(c(=O)n(C)c1=O)[NH+](CCC[NH+]1CCCC(c3ccc(O)c(O)c3)C1)C=N2.[Cl-].[Cl-]. The molecule has 0 amide bonds. The molecule has 2 aromatic rings. The summed E-state index contributed by atoms with van der Waals surface area (Å²) in [6.07, 6.45) is 4.84. The first-order valence-electron chi connectivity index (χ1n) is 10.4. The van der Waals surface area contributed by atoms with Gasteiger partial charge in [0.2, 0.25) is 11.5 Å². The number of halogens is 2. The number of likely N-dealkylation sites (tertiary alicyclic amines) is 1. The number of quaternary nitrogens is 2. The molecule has 3 atom stereocenters. The maximum Gasteiger partial charge on any atom is 0.332 e. The van der Waals surface area contributed by atoms with Crippen LogP contribution in [0.4, 0.5) is 11.5 Å². The summed E-state index contributed by atoms with van der Waals surface area (Å²) < 4.78 is 2.56. The minimum atomic E-state index is -0.360. The van der Waals surface area contributed by atoms with Gasteiger partial charge in [-0.25, -0.2) is 4.79 Å². The largest absolute Gasteiger partial charge is 1.00 e. The van der Waals surface area contributed by atoms with E-state index in [1.165, 1.54) is 16.5 Å². The van der Waals surface area contributed by atoms with Crippen molar-refractivity contribution in [2.45, 2.75) is 25.2 Å². The van der Waals surface area contributed by atoms with E-state index in [1.807, 2.05) is 6.07 Å². The Labute approximate surface area is 198 Å². The Bertz CT molecular complexity index is 1110. The summed E-state index contributed by atoms with van der Waals surface area (Å²) in [5.41, 5.74) is 0.975. The number of nitrogens with one attached hydrogen (secondary N) is 2. The molecule has 2 aliphatic rings. The fourth-order valence-electron chi connectivity index (χ4n) is 4.64. The lowest BCUT2D eigenvalue weighted by Crippen LogP contribution is -3.14. The smallest absolute Gasteiger partial charge is 0.332 e. The minimum absolute atomic E-state index is 0. The van der Waals surface area contributed by atoms with E-state index in [4.69, 9.17) is 0 Å². The molecule has 4 N–H and O–H groups in total. The minimum Gasteiger partial charge on any atom is -1.00 e. The molecular formula is C21H29Cl2N5O4. The van der Waals surface area contributed by atoms with Gasteiger partial charge in [-0.15, -0.1) is 0 Å². The molecule has 0 aliphatic carbocycles. The summed E-state index contributed by atoms with van der Waals surface area (Å²) in [4.78, 5) is 31.4. The molecule has 3 heterocycles. The van der Waals surface area contributed by atoms with Gasteiger partial charge in [0.05, 0.1) is 26.2 Å². The van der Waals surface area contributed by atoms with Gasteiger partial charge < -0.3 is 39.9 Å². The lowest BCUT2D eigenvalue weighted by atomic mass is 9.90. The van der Waals surface area contributed by atoms with Crippen LogP contribution in [0.2, 0.25) is 0 Å². The molecule has 0 bridgehead atoms. The van der Waals surface area contributed by atoms with Crippen molar-refractivity contribution in [1.29, 1.82) is 0 Å². The van der Waals surface area contributed by atoms with Gasteiger partial charge in [-0.2, -0.15) is 4.99 Å². The number of benzene rings is 1. The van der Waals surface area contributed by atoms with Gasteiger partial charge in [0.25, 0.3) is 0 Å². The Kier molecular flexibility index (Phi) is 8.53. The Morgan fingerprint density at radius 2 is 1.84 bits per heavy atom. The number of hydrogen-bond acceptors (Lipinski definition) is 5. The number of nitrogens with zero attached hydrogens (tertiary/aromatic N) is 3. The van der Waals surface area contributed by atoms with Gasteiger partial charge in [0, 0.05) is 26.4 Å². The monoisotopic (exact) mass is 485 g/mol. The highest BCUT2D eigenvalue weighted by Gasteiger charge is 2.30. The summed E-state index contributed by atoms with van der Waals surface area (Å²) in [6.45, 7) is 3.83. The lowest BCUT2D eigenvalue weighted by molar-refractivity contribution is -0.908. The topological polar surface area (TPSA) is 106 Å². The molecule has 2 aliphatic heterocycles. The van der Waals surface area contributed by atoms with Crippen LogP contribution < -0.4 is 45.9 Å². The molecular weight excluding hydrogens is 457 g/mol. The van der Waals surface area contributed by atoms with Gasteiger partial charge in [-0.05, 0) is 30.5 Å². The van der Waals surface area contributed by atoms with Gasteiger partial charge >= 0.3 is 11.2 Å². The molecule has 1 fully saturated rings. The number of rotatable bonds is 5. The van der Waals surface area contributed by atoms with Crippen LogP contribution in [0, 0.1) is 0 Å². The van der Waals surface area contributed by atoms with Crippen molar-refractivity contribution < 1.29 is 44.8 Å². The zero-order valence-corrected chi connectivity index (χ0v) is 19.7. The van der Waals surface area contributed by atoms with E-state index in [1.54, 1.807) is 25.5 Å². The van der Waals surface area contributed by atoms with Crippen LogP contribution in [0.5, 0.6) is 11.5 Å². The number of hydrogen-bond donors (Lipinski definition) is 4. The second kappa shape index (κ2) is 10.5. The standard InChI is InChI=1S/C21H27N5O4.2ClH/c1-23-19-18(20(29)24(2)21(23)30)26(13-22-19)10-4-9-25-8-3-5-15(12-25)14-6-7-16(27)17(28)11-14;;/h6-7,11,13,15,27-28H,3-5,8-10,12H2,1-2H3;2*1H. The number of aromatic hydroxyl groups is 2. The predicted molar refractivity (Wildman–Crippen MR) is 112 cm³/mol.